The van der Waals surface area contributed by atoms with Crippen LogP contribution in [-0.2, 0) is 21.2 Å². The molecule has 2 aromatic rings. The van der Waals surface area contributed by atoms with Gasteiger partial charge in [0.25, 0.3) is 15.9 Å². The van der Waals surface area contributed by atoms with E-state index in [1.54, 1.807) is 37.4 Å². The van der Waals surface area contributed by atoms with Crippen LogP contribution in [0.4, 0.5) is 5.69 Å². The summed E-state index contributed by atoms with van der Waals surface area (Å²) >= 11 is 5.87. The van der Waals surface area contributed by atoms with E-state index in [1.807, 2.05) is 0 Å². The molecular weight excluding hydrogens is 388 g/mol. The molecule has 1 aliphatic rings. The summed E-state index contributed by atoms with van der Waals surface area (Å²) in [6, 6.07) is 11.2. The van der Waals surface area contributed by atoms with Gasteiger partial charge >= 0.3 is 0 Å². The van der Waals surface area contributed by atoms with Crippen molar-refractivity contribution in [3.8, 4) is 0 Å². The quantitative estimate of drug-likeness (QED) is 0.746. The highest BCUT2D eigenvalue weighted by Gasteiger charge is 2.29. The van der Waals surface area contributed by atoms with Crippen LogP contribution in [-0.4, -0.2) is 41.1 Å². The van der Waals surface area contributed by atoms with Gasteiger partial charge in [0.2, 0.25) is 0 Å². The van der Waals surface area contributed by atoms with Crippen molar-refractivity contribution < 1.29 is 17.9 Å². The standard InChI is InChI=1S/C19H21ClN2O4S/c1-26-12-10-21-19(23)15-4-9-18-14(13-15)3-2-11-22(18)27(24,25)17-7-5-16(20)6-8-17/h4-9,13H,2-3,10-12H2,1H3,(H,21,23). The molecular formula is C19H21ClN2O4S. The van der Waals surface area contributed by atoms with Crippen LogP contribution in [0.25, 0.3) is 0 Å². The Morgan fingerprint density at radius 2 is 1.96 bits per heavy atom. The lowest BCUT2D eigenvalue weighted by molar-refractivity contribution is 0.0937. The Morgan fingerprint density at radius 1 is 1.22 bits per heavy atom. The molecule has 1 N–H and O–H groups in total. The first kappa shape index (κ1) is 19.7. The number of carbonyl (C=O) groups is 1. The Labute approximate surface area is 164 Å². The third-order valence-corrected chi connectivity index (χ3v) is 6.49. The van der Waals surface area contributed by atoms with E-state index in [-0.39, 0.29) is 10.8 Å². The number of nitrogens with one attached hydrogen (secondary N) is 1. The number of nitrogens with zero attached hydrogens (tertiary/aromatic N) is 1. The predicted octanol–water partition coefficient (Wildman–Crippen LogP) is 2.86. The van der Waals surface area contributed by atoms with Crippen LogP contribution in [0.5, 0.6) is 0 Å². The van der Waals surface area contributed by atoms with Crippen LogP contribution in [0.3, 0.4) is 0 Å². The van der Waals surface area contributed by atoms with Crippen LogP contribution in [0.1, 0.15) is 22.3 Å². The van der Waals surface area contributed by atoms with Crippen molar-refractivity contribution in [2.75, 3.05) is 31.1 Å². The van der Waals surface area contributed by atoms with Gasteiger partial charge in [-0.2, -0.15) is 0 Å². The topological polar surface area (TPSA) is 75.7 Å². The van der Waals surface area contributed by atoms with Gasteiger partial charge in [-0.3, -0.25) is 9.10 Å². The number of carbonyl (C=O) groups excluding carboxylic acids is 1. The summed E-state index contributed by atoms with van der Waals surface area (Å²) in [5.74, 6) is -0.201. The predicted molar refractivity (Wildman–Crippen MR) is 105 cm³/mol. The molecule has 27 heavy (non-hydrogen) atoms. The van der Waals surface area contributed by atoms with Crippen molar-refractivity contribution in [3.63, 3.8) is 0 Å². The second-order valence-electron chi connectivity index (χ2n) is 6.23. The molecule has 3 rings (SSSR count). The van der Waals surface area contributed by atoms with Crippen LogP contribution in [0, 0.1) is 0 Å². The van der Waals surface area contributed by atoms with Gasteiger partial charge < -0.3 is 10.1 Å². The first-order chi connectivity index (χ1) is 12.9. The summed E-state index contributed by atoms with van der Waals surface area (Å²) in [6.07, 6.45) is 1.41. The zero-order chi connectivity index (χ0) is 19.4. The van der Waals surface area contributed by atoms with E-state index in [0.29, 0.717) is 42.4 Å². The van der Waals surface area contributed by atoms with Crippen molar-refractivity contribution in [2.45, 2.75) is 17.7 Å². The van der Waals surface area contributed by atoms with E-state index in [1.165, 1.54) is 16.4 Å². The number of hydrogen-bond acceptors (Lipinski definition) is 4. The molecule has 0 radical (unpaired) electrons. The number of sulfonamides is 1. The third-order valence-electron chi connectivity index (χ3n) is 4.41. The Balaban J connectivity index is 1.88. The molecule has 0 bridgehead atoms. The molecule has 0 saturated carbocycles. The van der Waals surface area contributed by atoms with Crippen molar-refractivity contribution in [1.29, 1.82) is 0 Å². The maximum absolute atomic E-state index is 13.0. The minimum atomic E-state index is -3.69. The Morgan fingerprint density at radius 3 is 2.67 bits per heavy atom. The summed E-state index contributed by atoms with van der Waals surface area (Å²) in [5, 5.41) is 3.25. The van der Waals surface area contributed by atoms with Crippen LogP contribution in [0.2, 0.25) is 5.02 Å². The van der Waals surface area contributed by atoms with Crippen LogP contribution < -0.4 is 9.62 Å². The highest BCUT2D eigenvalue weighted by Crippen LogP contribution is 2.33. The largest absolute Gasteiger partial charge is 0.383 e. The van der Waals surface area contributed by atoms with Crippen molar-refractivity contribution in [2.24, 2.45) is 0 Å². The summed E-state index contributed by atoms with van der Waals surface area (Å²) in [7, 11) is -2.12. The second kappa shape index (κ2) is 8.29. The van der Waals surface area contributed by atoms with E-state index in [4.69, 9.17) is 16.3 Å². The number of ether oxygens (including phenoxy) is 1. The first-order valence-corrected chi connectivity index (χ1v) is 10.4. The van der Waals surface area contributed by atoms with Crippen LogP contribution in [0.15, 0.2) is 47.4 Å². The third kappa shape index (κ3) is 4.26. The lowest BCUT2D eigenvalue weighted by atomic mass is 10.0. The van der Waals surface area contributed by atoms with E-state index >= 15 is 0 Å². The monoisotopic (exact) mass is 408 g/mol. The number of amides is 1. The molecule has 6 nitrogen and oxygen atoms in total. The zero-order valence-electron chi connectivity index (χ0n) is 14.9. The Hall–Kier alpha value is -2.09. The van der Waals surface area contributed by atoms with Gasteiger partial charge in [-0.05, 0) is 60.9 Å². The summed E-state index contributed by atoms with van der Waals surface area (Å²) in [6.45, 7) is 1.25. The molecule has 2 aromatic carbocycles. The molecule has 0 unspecified atom stereocenters. The van der Waals surface area contributed by atoms with E-state index in [9.17, 15) is 13.2 Å². The van der Waals surface area contributed by atoms with Gasteiger partial charge in [0.05, 0.1) is 17.2 Å². The molecule has 144 valence electrons. The van der Waals surface area contributed by atoms with Crippen LogP contribution >= 0.6 is 11.6 Å². The summed E-state index contributed by atoms with van der Waals surface area (Å²) in [5.41, 5.74) is 1.97. The Kier molecular flexibility index (Phi) is 6.04. The number of fused-ring (bicyclic) bond motifs is 1. The lowest BCUT2D eigenvalue weighted by Crippen LogP contribution is -2.35. The average molecular weight is 409 g/mol. The number of methoxy groups -OCH3 is 1. The van der Waals surface area contributed by atoms with Gasteiger partial charge in [0.15, 0.2) is 0 Å². The van der Waals surface area contributed by atoms with Gasteiger partial charge in [-0.25, -0.2) is 8.42 Å². The van der Waals surface area contributed by atoms with Crippen molar-refractivity contribution in [3.05, 3.63) is 58.6 Å². The number of anilines is 1. The smallest absolute Gasteiger partial charge is 0.264 e. The molecule has 0 spiro atoms. The Bertz CT molecular complexity index is 929. The molecule has 0 saturated heterocycles. The van der Waals surface area contributed by atoms with Crippen molar-refractivity contribution in [1.82, 2.24) is 5.32 Å². The van der Waals surface area contributed by atoms with Crippen molar-refractivity contribution >= 4 is 33.2 Å². The lowest BCUT2D eigenvalue weighted by Gasteiger charge is -2.30. The van der Waals surface area contributed by atoms with E-state index in [0.717, 1.165) is 12.0 Å². The zero-order valence-corrected chi connectivity index (χ0v) is 16.5. The fourth-order valence-electron chi connectivity index (χ4n) is 3.06. The fourth-order valence-corrected chi connectivity index (χ4v) is 4.72. The number of rotatable bonds is 6. The molecule has 0 atom stereocenters. The minimum absolute atomic E-state index is 0.195. The maximum Gasteiger partial charge on any atom is 0.264 e. The minimum Gasteiger partial charge on any atom is -0.383 e. The first-order valence-electron chi connectivity index (χ1n) is 8.62. The maximum atomic E-state index is 13.0. The normalized spacial score (nSPS) is 13.9. The fraction of sp³-hybridized carbons (Fsp3) is 0.316. The number of aryl methyl sites for hydroxylation is 1. The summed E-state index contributed by atoms with van der Waals surface area (Å²) < 4.78 is 32.4. The van der Waals surface area contributed by atoms with Gasteiger partial charge in [-0.15, -0.1) is 0 Å². The average Bonchev–Trinajstić information content (AvgIpc) is 2.67. The molecule has 0 aliphatic carbocycles. The highest BCUT2D eigenvalue weighted by molar-refractivity contribution is 7.92. The highest BCUT2D eigenvalue weighted by atomic mass is 35.5. The second-order valence-corrected chi connectivity index (χ2v) is 8.53. The molecule has 8 heteroatoms. The molecule has 1 amide bonds. The van der Waals surface area contributed by atoms with E-state index < -0.39 is 10.0 Å². The number of benzene rings is 2. The molecule has 0 fully saturated rings. The SMILES string of the molecule is COCCNC(=O)c1ccc2c(c1)CCCN2S(=O)(=O)c1ccc(Cl)cc1. The van der Waals surface area contributed by atoms with E-state index in [2.05, 4.69) is 5.32 Å². The number of hydrogen-bond donors (Lipinski definition) is 1. The molecule has 1 heterocycles. The molecule has 0 aromatic heterocycles. The molecule has 1 aliphatic heterocycles. The van der Waals surface area contributed by atoms with Gasteiger partial charge in [0.1, 0.15) is 0 Å². The van der Waals surface area contributed by atoms with Gasteiger partial charge in [0, 0.05) is 30.8 Å². The van der Waals surface area contributed by atoms with Gasteiger partial charge in [-0.1, -0.05) is 11.6 Å². The number of halogens is 1. The summed E-state index contributed by atoms with van der Waals surface area (Å²) in [4.78, 5) is 12.4.